The summed E-state index contributed by atoms with van der Waals surface area (Å²) in [5.41, 5.74) is 1.37. The van der Waals surface area contributed by atoms with E-state index < -0.39 is 0 Å². The van der Waals surface area contributed by atoms with Crippen molar-refractivity contribution in [3.8, 4) is 0 Å². The summed E-state index contributed by atoms with van der Waals surface area (Å²) in [6.45, 7) is 8.38. The van der Waals surface area contributed by atoms with Crippen LogP contribution in [0.15, 0.2) is 11.8 Å². The molecule has 1 saturated carbocycles. The molecule has 0 unspecified atom stereocenters. The van der Waals surface area contributed by atoms with Gasteiger partial charge in [0, 0.05) is 0 Å². The van der Waals surface area contributed by atoms with Gasteiger partial charge in [-0.15, -0.1) is 0 Å². The van der Waals surface area contributed by atoms with Crippen LogP contribution in [-0.2, 0) is 4.74 Å². The molecule has 1 heteroatoms. The monoisotopic (exact) mass is 154 g/mol. The summed E-state index contributed by atoms with van der Waals surface area (Å²) < 4.78 is 5.53. The van der Waals surface area contributed by atoms with Crippen LogP contribution in [0.1, 0.15) is 40.5 Å². The second kappa shape index (κ2) is 2.88. The van der Waals surface area contributed by atoms with Crippen LogP contribution in [0.2, 0.25) is 0 Å². The number of hydrogen-bond acceptors (Lipinski definition) is 1. The van der Waals surface area contributed by atoms with Crippen molar-refractivity contribution >= 4 is 0 Å². The summed E-state index contributed by atoms with van der Waals surface area (Å²) in [6, 6.07) is 0. The first-order chi connectivity index (χ1) is 4.99. The molecule has 0 aromatic heterocycles. The molecule has 0 heterocycles. The van der Waals surface area contributed by atoms with Crippen LogP contribution < -0.4 is 0 Å². The van der Waals surface area contributed by atoms with Crippen LogP contribution in [0.25, 0.3) is 0 Å². The summed E-state index contributed by atoms with van der Waals surface area (Å²) >= 11 is 0. The Morgan fingerprint density at radius 3 is 2.27 bits per heavy atom. The first-order valence-electron chi connectivity index (χ1n) is 4.33. The molecule has 0 aromatic rings. The average molecular weight is 154 g/mol. The normalized spacial score (nSPS) is 20.2. The van der Waals surface area contributed by atoms with E-state index in [1.54, 1.807) is 0 Å². The molecule has 0 bridgehead atoms. The van der Waals surface area contributed by atoms with Crippen LogP contribution >= 0.6 is 0 Å². The molecule has 1 fully saturated rings. The van der Waals surface area contributed by atoms with E-state index in [1.165, 1.54) is 18.4 Å². The van der Waals surface area contributed by atoms with Gasteiger partial charge < -0.3 is 4.74 Å². The Hall–Kier alpha value is -0.460. The van der Waals surface area contributed by atoms with Crippen molar-refractivity contribution in [2.75, 3.05) is 0 Å². The molecule has 0 atom stereocenters. The second-order valence-electron chi connectivity index (χ2n) is 4.37. The minimum absolute atomic E-state index is 0.0316. The number of allylic oxidation sites excluding steroid dienone is 1. The van der Waals surface area contributed by atoms with E-state index in [0.29, 0.717) is 0 Å². The Labute approximate surface area is 69.4 Å². The Morgan fingerprint density at radius 2 is 1.91 bits per heavy atom. The summed E-state index contributed by atoms with van der Waals surface area (Å²) in [5.74, 6) is 0.831. The maximum absolute atomic E-state index is 5.53. The summed E-state index contributed by atoms with van der Waals surface area (Å²) in [4.78, 5) is 0. The van der Waals surface area contributed by atoms with Crippen molar-refractivity contribution in [1.29, 1.82) is 0 Å². The average Bonchev–Trinajstić information content (AvgIpc) is 2.61. The maximum Gasteiger partial charge on any atom is 0.0998 e. The third-order valence-corrected chi connectivity index (χ3v) is 1.82. The number of hydrogen-bond donors (Lipinski definition) is 0. The molecular formula is C10H18O. The molecule has 0 radical (unpaired) electrons. The van der Waals surface area contributed by atoms with E-state index in [4.69, 9.17) is 4.74 Å². The zero-order valence-electron chi connectivity index (χ0n) is 7.98. The lowest BCUT2D eigenvalue weighted by atomic mass is 10.2. The van der Waals surface area contributed by atoms with Crippen molar-refractivity contribution < 1.29 is 4.74 Å². The van der Waals surface area contributed by atoms with Crippen LogP contribution in [0.5, 0.6) is 0 Å². The molecule has 0 aliphatic heterocycles. The molecule has 1 aliphatic rings. The summed E-state index contributed by atoms with van der Waals surface area (Å²) in [6.07, 6.45) is 4.64. The van der Waals surface area contributed by atoms with Crippen LogP contribution in [0.3, 0.4) is 0 Å². The molecule has 11 heavy (non-hydrogen) atoms. The topological polar surface area (TPSA) is 9.23 Å². The van der Waals surface area contributed by atoms with Gasteiger partial charge in [-0.25, -0.2) is 0 Å². The van der Waals surface area contributed by atoms with Gasteiger partial charge in [0.2, 0.25) is 0 Å². The molecule has 0 aromatic carbocycles. The Bertz CT molecular complexity index is 158. The number of ether oxygens (including phenoxy) is 1. The van der Waals surface area contributed by atoms with E-state index in [1.807, 2.05) is 6.26 Å². The first kappa shape index (κ1) is 8.63. The lowest BCUT2D eigenvalue weighted by Gasteiger charge is -2.18. The molecule has 1 aliphatic carbocycles. The molecule has 0 spiro atoms. The predicted octanol–water partition coefficient (Wildman–Crippen LogP) is 3.12. The molecule has 0 saturated heterocycles. The fraction of sp³-hybridized carbons (Fsp3) is 0.800. The van der Waals surface area contributed by atoms with Crippen molar-refractivity contribution in [2.24, 2.45) is 5.92 Å². The predicted molar refractivity (Wildman–Crippen MR) is 47.3 cm³/mol. The highest BCUT2D eigenvalue weighted by Gasteiger charge is 2.23. The summed E-state index contributed by atoms with van der Waals surface area (Å²) in [7, 11) is 0. The van der Waals surface area contributed by atoms with Crippen molar-refractivity contribution in [1.82, 2.24) is 0 Å². The van der Waals surface area contributed by atoms with E-state index in [0.717, 1.165) is 5.92 Å². The van der Waals surface area contributed by atoms with Gasteiger partial charge in [-0.2, -0.15) is 0 Å². The highest BCUT2D eigenvalue weighted by atomic mass is 16.5. The van der Waals surface area contributed by atoms with Crippen LogP contribution in [0.4, 0.5) is 0 Å². The highest BCUT2D eigenvalue weighted by molar-refractivity contribution is 5.06. The SMILES string of the molecule is C/C(=C\OC(C)(C)C)C1CC1. The highest BCUT2D eigenvalue weighted by Crippen LogP contribution is 2.36. The largest absolute Gasteiger partial charge is 0.496 e. The van der Waals surface area contributed by atoms with Crippen molar-refractivity contribution in [3.63, 3.8) is 0 Å². The molecule has 1 rings (SSSR count). The Balaban J connectivity index is 2.33. The van der Waals surface area contributed by atoms with E-state index in [2.05, 4.69) is 27.7 Å². The molecule has 0 amide bonds. The van der Waals surface area contributed by atoms with Gasteiger partial charge in [-0.1, -0.05) is 0 Å². The molecular weight excluding hydrogens is 136 g/mol. The van der Waals surface area contributed by atoms with E-state index >= 15 is 0 Å². The zero-order valence-corrected chi connectivity index (χ0v) is 7.98. The van der Waals surface area contributed by atoms with Crippen molar-refractivity contribution in [2.45, 2.75) is 46.1 Å². The summed E-state index contributed by atoms with van der Waals surface area (Å²) in [5, 5.41) is 0. The fourth-order valence-electron chi connectivity index (χ4n) is 0.905. The van der Waals surface area contributed by atoms with Gasteiger partial charge in [0.15, 0.2) is 0 Å². The van der Waals surface area contributed by atoms with Gasteiger partial charge in [0.25, 0.3) is 0 Å². The Kier molecular flexibility index (Phi) is 2.26. The fourth-order valence-corrected chi connectivity index (χ4v) is 0.905. The van der Waals surface area contributed by atoms with Crippen LogP contribution in [-0.4, -0.2) is 5.60 Å². The molecule has 64 valence electrons. The standard InChI is InChI=1S/C10H18O/c1-8(9-5-6-9)7-11-10(2,3)4/h7,9H,5-6H2,1-4H3/b8-7+. The number of rotatable bonds is 2. The van der Waals surface area contributed by atoms with Gasteiger partial charge >= 0.3 is 0 Å². The van der Waals surface area contributed by atoms with Gasteiger partial charge in [0.05, 0.1) is 11.9 Å². The lowest BCUT2D eigenvalue weighted by Crippen LogP contribution is -2.15. The van der Waals surface area contributed by atoms with Gasteiger partial charge in [0.1, 0.15) is 0 Å². The quantitative estimate of drug-likeness (QED) is 0.555. The smallest absolute Gasteiger partial charge is 0.0998 e. The van der Waals surface area contributed by atoms with Gasteiger partial charge in [-0.3, -0.25) is 0 Å². The van der Waals surface area contributed by atoms with E-state index in [9.17, 15) is 0 Å². The first-order valence-corrected chi connectivity index (χ1v) is 4.33. The van der Waals surface area contributed by atoms with Gasteiger partial charge in [-0.05, 0) is 52.0 Å². The second-order valence-corrected chi connectivity index (χ2v) is 4.37. The molecule has 0 N–H and O–H groups in total. The van der Waals surface area contributed by atoms with Crippen LogP contribution in [0, 0.1) is 5.92 Å². The maximum atomic E-state index is 5.53. The Morgan fingerprint density at radius 1 is 1.36 bits per heavy atom. The van der Waals surface area contributed by atoms with E-state index in [-0.39, 0.29) is 5.60 Å². The molecule has 1 nitrogen and oxygen atoms in total. The lowest BCUT2D eigenvalue weighted by molar-refractivity contribution is 0.0745. The minimum Gasteiger partial charge on any atom is -0.496 e. The minimum atomic E-state index is -0.0316. The zero-order chi connectivity index (χ0) is 8.48. The third-order valence-electron chi connectivity index (χ3n) is 1.82. The van der Waals surface area contributed by atoms with Crippen molar-refractivity contribution in [3.05, 3.63) is 11.8 Å². The third kappa shape index (κ3) is 3.45.